The first-order valence-electron chi connectivity index (χ1n) is 11.2. The summed E-state index contributed by atoms with van der Waals surface area (Å²) in [7, 11) is 1.67. The number of carbonyl (C=O) groups excluding carboxylic acids is 2. The van der Waals surface area contributed by atoms with E-state index in [4.69, 9.17) is 9.47 Å². The molecule has 0 spiro atoms. The molecular formula is C24H30N4O5. The smallest absolute Gasteiger partial charge is 0.267 e. The minimum atomic E-state index is -0.852. The maximum atomic E-state index is 12.9. The van der Waals surface area contributed by atoms with Crippen molar-refractivity contribution in [1.29, 1.82) is 0 Å². The maximum absolute atomic E-state index is 12.9. The summed E-state index contributed by atoms with van der Waals surface area (Å²) >= 11 is 0. The summed E-state index contributed by atoms with van der Waals surface area (Å²) in [5.74, 6) is 0.135. The summed E-state index contributed by atoms with van der Waals surface area (Å²) in [6.07, 6.45) is -0.852. The predicted molar refractivity (Wildman–Crippen MR) is 123 cm³/mol. The molecule has 1 aromatic heterocycles. The van der Waals surface area contributed by atoms with Gasteiger partial charge in [-0.25, -0.2) is 4.98 Å². The van der Waals surface area contributed by atoms with E-state index in [1.807, 2.05) is 24.3 Å². The fourth-order valence-electron chi connectivity index (χ4n) is 4.43. The molecule has 1 fully saturated rings. The van der Waals surface area contributed by atoms with Crippen molar-refractivity contribution in [2.75, 3.05) is 57.9 Å². The number of methoxy groups -OCH3 is 1. The lowest BCUT2D eigenvalue weighted by Crippen LogP contribution is -2.50. The van der Waals surface area contributed by atoms with Crippen LogP contribution in [0.25, 0.3) is 0 Å². The molecule has 176 valence electrons. The van der Waals surface area contributed by atoms with Crippen molar-refractivity contribution in [3.8, 4) is 11.6 Å². The van der Waals surface area contributed by atoms with Crippen molar-refractivity contribution in [2.45, 2.75) is 20.0 Å². The highest BCUT2D eigenvalue weighted by molar-refractivity contribution is 6.22. The summed E-state index contributed by atoms with van der Waals surface area (Å²) in [6.45, 7) is 7.31. The van der Waals surface area contributed by atoms with Crippen molar-refractivity contribution in [2.24, 2.45) is 0 Å². The number of ether oxygens (including phenoxy) is 2. The summed E-state index contributed by atoms with van der Waals surface area (Å²) in [6, 6.07) is 9.52. The van der Waals surface area contributed by atoms with E-state index in [1.54, 1.807) is 27.0 Å². The third kappa shape index (κ3) is 4.65. The molecule has 4 rings (SSSR count). The Bertz CT molecular complexity index is 1040. The Labute approximate surface area is 193 Å². The number of hydrogen-bond donors (Lipinski definition) is 1. The van der Waals surface area contributed by atoms with Crippen LogP contribution in [-0.2, 0) is 0 Å². The van der Waals surface area contributed by atoms with Gasteiger partial charge in [-0.3, -0.25) is 19.4 Å². The Morgan fingerprint density at radius 1 is 1.09 bits per heavy atom. The molecule has 0 aliphatic carbocycles. The highest BCUT2D eigenvalue weighted by atomic mass is 16.5. The number of carbonyl (C=O) groups is 2. The Balaban J connectivity index is 1.36. The second-order valence-corrected chi connectivity index (χ2v) is 8.26. The number of hydrogen-bond acceptors (Lipinski definition) is 8. The molecule has 2 amide bonds. The molecule has 9 nitrogen and oxygen atoms in total. The van der Waals surface area contributed by atoms with E-state index in [9.17, 15) is 14.7 Å². The molecule has 1 atom stereocenters. The van der Waals surface area contributed by atoms with Gasteiger partial charge < -0.3 is 19.5 Å². The van der Waals surface area contributed by atoms with Crippen LogP contribution in [0, 0.1) is 6.92 Å². The largest absolute Gasteiger partial charge is 0.495 e. The van der Waals surface area contributed by atoms with Gasteiger partial charge in [-0.05, 0) is 32.0 Å². The summed E-state index contributed by atoms with van der Waals surface area (Å²) < 4.78 is 11.0. The molecule has 0 radical (unpaired) electrons. The lowest BCUT2D eigenvalue weighted by molar-refractivity contribution is 0.0468. The van der Waals surface area contributed by atoms with E-state index >= 15 is 0 Å². The molecule has 1 aromatic carbocycles. The molecule has 2 aliphatic rings. The van der Waals surface area contributed by atoms with Crippen LogP contribution in [-0.4, -0.2) is 90.8 Å². The third-order valence-corrected chi connectivity index (χ3v) is 5.99. The van der Waals surface area contributed by atoms with Gasteiger partial charge in [0, 0.05) is 38.4 Å². The number of aryl methyl sites for hydroxylation is 1. The van der Waals surface area contributed by atoms with Crippen molar-refractivity contribution in [3.05, 3.63) is 47.2 Å². The first-order chi connectivity index (χ1) is 15.9. The predicted octanol–water partition coefficient (Wildman–Crippen LogP) is 1.58. The molecule has 1 saturated heterocycles. The van der Waals surface area contributed by atoms with Gasteiger partial charge in [0.15, 0.2) is 0 Å². The molecule has 2 aliphatic heterocycles. The van der Waals surface area contributed by atoms with E-state index in [0.29, 0.717) is 18.8 Å². The first kappa shape index (κ1) is 23.0. The minimum Gasteiger partial charge on any atom is -0.495 e. The highest BCUT2D eigenvalue weighted by Gasteiger charge is 2.40. The van der Waals surface area contributed by atoms with Gasteiger partial charge in [0.2, 0.25) is 5.88 Å². The topological polar surface area (TPSA) is 95.4 Å². The molecular weight excluding hydrogens is 424 g/mol. The first-order valence-corrected chi connectivity index (χ1v) is 11.2. The van der Waals surface area contributed by atoms with Crippen LogP contribution in [0.2, 0.25) is 0 Å². The summed E-state index contributed by atoms with van der Waals surface area (Å²) in [5, 5.41) is 10.7. The zero-order valence-corrected chi connectivity index (χ0v) is 19.3. The Kier molecular flexibility index (Phi) is 6.80. The van der Waals surface area contributed by atoms with Crippen molar-refractivity contribution < 1.29 is 24.2 Å². The van der Waals surface area contributed by atoms with Crippen molar-refractivity contribution in [3.63, 3.8) is 0 Å². The van der Waals surface area contributed by atoms with Crippen LogP contribution in [0.15, 0.2) is 30.3 Å². The number of aromatic nitrogens is 1. The average Bonchev–Trinajstić information content (AvgIpc) is 3.04. The van der Waals surface area contributed by atoms with E-state index < -0.39 is 17.9 Å². The molecule has 1 N–H and O–H groups in total. The number of nitrogens with zero attached hydrogens (tertiary/aromatic N) is 4. The maximum Gasteiger partial charge on any atom is 0.267 e. The van der Waals surface area contributed by atoms with Crippen LogP contribution < -0.4 is 14.4 Å². The van der Waals surface area contributed by atoms with Crippen LogP contribution in [0.4, 0.5) is 5.69 Å². The van der Waals surface area contributed by atoms with Crippen molar-refractivity contribution in [1.82, 2.24) is 14.8 Å². The van der Waals surface area contributed by atoms with E-state index in [1.165, 1.54) is 0 Å². The molecule has 33 heavy (non-hydrogen) atoms. The van der Waals surface area contributed by atoms with Gasteiger partial charge in [0.25, 0.3) is 11.8 Å². The van der Waals surface area contributed by atoms with Gasteiger partial charge in [-0.15, -0.1) is 0 Å². The number of amides is 2. The van der Waals surface area contributed by atoms with Gasteiger partial charge in [0.05, 0.1) is 37.6 Å². The van der Waals surface area contributed by atoms with Gasteiger partial charge >= 0.3 is 0 Å². The molecule has 3 heterocycles. The fourth-order valence-corrected chi connectivity index (χ4v) is 4.43. The minimum absolute atomic E-state index is 0.0658. The van der Waals surface area contributed by atoms with Crippen LogP contribution in [0.1, 0.15) is 33.3 Å². The summed E-state index contributed by atoms with van der Waals surface area (Å²) in [5.41, 5.74) is 2.13. The number of piperazine rings is 1. The van der Waals surface area contributed by atoms with Crippen LogP contribution in [0.3, 0.4) is 0 Å². The van der Waals surface area contributed by atoms with Crippen molar-refractivity contribution >= 4 is 17.5 Å². The second-order valence-electron chi connectivity index (χ2n) is 8.26. The number of benzene rings is 1. The molecule has 2 aromatic rings. The number of pyridine rings is 1. The number of aliphatic hydroxyl groups excluding tert-OH is 1. The number of aliphatic hydroxyl groups is 1. The highest BCUT2D eigenvalue weighted by Crippen LogP contribution is 2.31. The lowest BCUT2D eigenvalue weighted by Gasteiger charge is -2.37. The molecule has 0 bridgehead atoms. The van der Waals surface area contributed by atoms with Gasteiger partial charge in [0.1, 0.15) is 11.3 Å². The van der Waals surface area contributed by atoms with E-state index in [2.05, 4.69) is 14.8 Å². The van der Waals surface area contributed by atoms with Crippen LogP contribution in [0.5, 0.6) is 11.6 Å². The van der Waals surface area contributed by atoms with Gasteiger partial charge in [-0.2, -0.15) is 0 Å². The Hall–Kier alpha value is -3.17. The number of anilines is 1. The monoisotopic (exact) mass is 454 g/mol. The Morgan fingerprint density at radius 2 is 1.82 bits per heavy atom. The average molecular weight is 455 g/mol. The van der Waals surface area contributed by atoms with E-state index in [-0.39, 0.29) is 23.6 Å². The SMILES string of the molecule is CCOc1nc(C)cc2c1C(=O)N(CC(O)CN1CCN(c3ccccc3OC)CC1)C2=O. The second kappa shape index (κ2) is 9.76. The molecule has 1 unspecified atom stereocenters. The number of imide groups is 1. The zero-order valence-electron chi connectivity index (χ0n) is 19.3. The summed E-state index contributed by atoms with van der Waals surface area (Å²) in [4.78, 5) is 35.6. The van der Waals surface area contributed by atoms with Crippen LogP contribution >= 0.6 is 0 Å². The number of rotatable bonds is 8. The molecule has 0 saturated carbocycles. The Morgan fingerprint density at radius 3 is 2.52 bits per heavy atom. The normalized spacial score (nSPS) is 17.3. The number of β-amino-alcohol motifs (C(OH)–C–C–N with tert-alkyl or cyclic N) is 1. The zero-order chi connectivity index (χ0) is 23.5. The molecule has 9 heteroatoms. The standard InChI is InChI=1S/C24H30N4O5/c1-4-33-22-21-18(13-16(2)25-22)23(30)28(24(21)31)15-17(29)14-26-9-11-27(12-10-26)19-7-5-6-8-20(19)32-3/h5-8,13,17,29H,4,9-12,14-15H2,1-3H3. The fraction of sp³-hybridized carbons (Fsp3) is 0.458. The van der Waals surface area contributed by atoms with Gasteiger partial charge in [-0.1, -0.05) is 12.1 Å². The quantitative estimate of drug-likeness (QED) is 0.601. The lowest BCUT2D eigenvalue weighted by atomic mass is 10.1. The number of para-hydroxylation sites is 2. The van der Waals surface area contributed by atoms with E-state index in [0.717, 1.165) is 42.5 Å². The third-order valence-electron chi connectivity index (χ3n) is 5.99. The number of fused-ring (bicyclic) bond motifs is 1.